The number of fused-ring (bicyclic) bond motifs is 3. The second-order valence-electron chi connectivity index (χ2n) is 13.0. The van der Waals surface area contributed by atoms with Crippen molar-refractivity contribution in [3.8, 4) is 5.75 Å². The van der Waals surface area contributed by atoms with Crippen molar-refractivity contribution < 1.29 is 27.9 Å². The van der Waals surface area contributed by atoms with E-state index in [9.17, 15) is 32.7 Å². The van der Waals surface area contributed by atoms with Crippen molar-refractivity contribution in [3.05, 3.63) is 74.4 Å². The van der Waals surface area contributed by atoms with E-state index in [1.54, 1.807) is 22.5 Å². The van der Waals surface area contributed by atoms with Crippen molar-refractivity contribution in [3.63, 3.8) is 0 Å². The number of hydrogen-bond donors (Lipinski definition) is 2. The molecule has 3 aliphatic rings. The Kier molecular flexibility index (Phi) is 7.63. The molecule has 1 aliphatic carbocycles. The monoisotopic (exact) mass is 675 g/mol. The van der Waals surface area contributed by atoms with Crippen LogP contribution in [0.2, 0.25) is 0 Å². The number of alkyl halides is 3. The molecular weight excluding hydrogens is 643 g/mol. The molecule has 2 amide bonds. The van der Waals surface area contributed by atoms with Gasteiger partial charge in [0.2, 0.25) is 11.3 Å². The lowest BCUT2D eigenvalue weighted by Crippen LogP contribution is -2.72. The Morgan fingerprint density at radius 1 is 1.12 bits per heavy atom. The van der Waals surface area contributed by atoms with Crippen molar-refractivity contribution in [2.45, 2.75) is 65.3 Å². The van der Waals surface area contributed by atoms with Crippen LogP contribution in [0, 0.1) is 19.8 Å². The summed E-state index contributed by atoms with van der Waals surface area (Å²) in [6, 6.07) is 2.66. The normalized spacial score (nSPS) is 19.5. The zero-order valence-electron chi connectivity index (χ0n) is 27.0. The molecule has 3 aromatic heterocycles. The number of nitrogens with zero attached hydrogens (tertiary/aromatic N) is 8. The first-order valence-corrected chi connectivity index (χ1v) is 15.7. The number of carbonyl (C=O) groups excluding carboxylic acids is 2. The van der Waals surface area contributed by atoms with Crippen LogP contribution in [0.4, 0.5) is 24.5 Å². The standard InChI is InChI=1S/C33H32F3N9O4/c1-15(2)9-23-40-25-30(48)28-22(45(31(25)42-41-23)13-24(46)39-20-6-5-19(10-16(20)3)33(34,35)36)12-18-11-21-27(18)44(28)8-7-43(21)32(49)26-29(47)17(4)37-14-38-26/h5-6,9-10,14,18,21,27,47H,7-8,11-13H2,1-4H3,(H,39,46)/t18?,21-,27-/m0/s1. The minimum Gasteiger partial charge on any atom is -0.504 e. The van der Waals surface area contributed by atoms with Crippen molar-refractivity contribution in [2.75, 3.05) is 23.3 Å². The van der Waals surface area contributed by atoms with Gasteiger partial charge in [-0.15, -0.1) is 10.2 Å². The Bertz CT molecular complexity index is 2140. The maximum atomic E-state index is 14.3. The Morgan fingerprint density at radius 3 is 2.61 bits per heavy atom. The molecule has 5 heterocycles. The molecule has 4 aromatic rings. The lowest BCUT2D eigenvalue weighted by Gasteiger charge is -2.61. The summed E-state index contributed by atoms with van der Waals surface area (Å²) >= 11 is 0. The maximum absolute atomic E-state index is 14.3. The SMILES string of the molecule is CC(C)=Cc1nnc2c(n1)c(=O)c1c(n2CC(=O)Nc2ccc(C(F)(F)F)cc2C)CC2C[C@H]3[C@H]2N1CCN3C(=O)c1ncnc(C)c1O. The Balaban J connectivity index is 1.26. The highest BCUT2D eigenvalue weighted by Crippen LogP contribution is 2.47. The minimum atomic E-state index is -4.52. The van der Waals surface area contributed by atoms with Crippen molar-refractivity contribution in [1.29, 1.82) is 0 Å². The van der Waals surface area contributed by atoms with E-state index in [0.717, 1.165) is 17.7 Å². The highest BCUT2D eigenvalue weighted by molar-refractivity contribution is 5.96. The second kappa shape index (κ2) is 11.6. The number of nitrogens with one attached hydrogen (secondary N) is 1. The number of halogens is 3. The molecule has 16 heteroatoms. The second-order valence-corrected chi connectivity index (χ2v) is 13.0. The van der Waals surface area contributed by atoms with Crippen LogP contribution in [0.5, 0.6) is 5.75 Å². The summed E-state index contributed by atoms with van der Waals surface area (Å²) in [6.07, 6.45) is -0.583. The smallest absolute Gasteiger partial charge is 0.416 e. The van der Waals surface area contributed by atoms with Gasteiger partial charge in [0.1, 0.15) is 18.6 Å². The highest BCUT2D eigenvalue weighted by Gasteiger charge is 2.55. The number of piperazine rings is 1. The molecule has 7 rings (SSSR count). The number of anilines is 2. The van der Waals surface area contributed by atoms with Gasteiger partial charge in [-0.05, 0) is 76.3 Å². The number of benzene rings is 1. The van der Waals surface area contributed by atoms with Crippen LogP contribution in [-0.2, 0) is 23.9 Å². The summed E-state index contributed by atoms with van der Waals surface area (Å²) in [5.41, 5.74) is 1.46. The summed E-state index contributed by atoms with van der Waals surface area (Å²) in [4.78, 5) is 57.6. The minimum absolute atomic E-state index is 0.0222. The van der Waals surface area contributed by atoms with E-state index in [1.807, 2.05) is 18.7 Å². The van der Waals surface area contributed by atoms with Crippen LogP contribution in [0.25, 0.3) is 17.2 Å². The topological polar surface area (TPSA) is 159 Å². The third-order valence-corrected chi connectivity index (χ3v) is 9.49. The number of rotatable bonds is 5. The van der Waals surface area contributed by atoms with Gasteiger partial charge < -0.3 is 24.8 Å². The molecule has 1 saturated heterocycles. The molecule has 0 bridgehead atoms. The number of aryl methyl sites for hydroxylation is 2. The summed E-state index contributed by atoms with van der Waals surface area (Å²) in [5, 5.41) is 21.7. The van der Waals surface area contributed by atoms with Crippen molar-refractivity contribution in [2.24, 2.45) is 5.92 Å². The molecule has 2 N–H and O–H groups in total. The molecule has 3 atom stereocenters. The van der Waals surface area contributed by atoms with Gasteiger partial charge in [-0.2, -0.15) is 13.2 Å². The first-order chi connectivity index (χ1) is 23.2. The van der Waals surface area contributed by atoms with Gasteiger partial charge in [-0.1, -0.05) is 5.57 Å². The van der Waals surface area contributed by atoms with Gasteiger partial charge in [-0.3, -0.25) is 14.4 Å². The van der Waals surface area contributed by atoms with Crippen molar-refractivity contribution in [1.82, 2.24) is 34.6 Å². The van der Waals surface area contributed by atoms with E-state index >= 15 is 0 Å². The van der Waals surface area contributed by atoms with Crippen LogP contribution >= 0.6 is 0 Å². The van der Waals surface area contributed by atoms with Gasteiger partial charge in [0.05, 0.1) is 23.3 Å². The number of amides is 2. The van der Waals surface area contributed by atoms with E-state index in [0.29, 0.717) is 36.5 Å². The van der Waals surface area contributed by atoms with Crippen LogP contribution in [0.15, 0.2) is 34.9 Å². The quantitative estimate of drug-likeness (QED) is 0.320. The van der Waals surface area contributed by atoms with Gasteiger partial charge in [0, 0.05) is 24.5 Å². The van der Waals surface area contributed by atoms with Crippen molar-refractivity contribution >= 4 is 40.4 Å². The third-order valence-electron chi connectivity index (χ3n) is 9.49. The zero-order chi connectivity index (χ0) is 34.9. The highest BCUT2D eigenvalue weighted by atomic mass is 19.4. The number of hydrogen-bond acceptors (Lipinski definition) is 10. The fourth-order valence-electron chi connectivity index (χ4n) is 7.21. The largest absolute Gasteiger partial charge is 0.504 e. The fraction of sp³-hybridized carbons (Fsp3) is 0.394. The Labute approximate surface area is 277 Å². The summed E-state index contributed by atoms with van der Waals surface area (Å²) in [7, 11) is 0. The van der Waals surface area contributed by atoms with Gasteiger partial charge in [0.15, 0.2) is 28.4 Å². The molecule has 1 aromatic carbocycles. The van der Waals surface area contributed by atoms with Crippen LogP contribution in [-0.4, -0.2) is 76.7 Å². The molecule has 2 fully saturated rings. The molecule has 1 unspecified atom stereocenters. The third kappa shape index (κ3) is 5.44. The first-order valence-electron chi connectivity index (χ1n) is 15.7. The zero-order valence-corrected chi connectivity index (χ0v) is 27.0. The first kappa shape index (κ1) is 32.2. The molecule has 13 nitrogen and oxygen atoms in total. The predicted molar refractivity (Wildman–Crippen MR) is 172 cm³/mol. The van der Waals surface area contributed by atoms with E-state index in [4.69, 9.17) is 0 Å². The lowest BCUT2D eigenvalue weighted by atomic mass is 9.67. The Morgan fingerprint density at radius 2 is 1.90 bits per heavy atom. The van der Waals surface area contributed by atoms with Crippen LogP contribution in [0.1, 0.15) is 59.1 Å². The van der Waals surface area contributed by atoms with E-state index in [2.05, 4.69) is 30.5 Å². The lowest BCUT2D eigenvalue weighted by molar-refractivity contribution is -0.137. The van der Waals surface area contributed by atoms with Gasteiger partial charge in [-0.25, -0.2) is 15.0 Å². The molecule has 49 heavy (non-hydrogen) atoms. The summed E-state index contributed by atoms with van der Waals surface area (Å²) < 4.78 is 41.3. The molecular formula is C33H32F3N9O4. The number of carbonyl (C=O) groups is 2. The molecule has 0 spiro atoms. The van der Waals surface area contributed by atoms with Gasteiger partial charge >= 0.3 is 6.18 Å². The average molecular weight is 676 g/mol. The Hall–Kier alpha value is -5.41. The molecule has 2 aliphatic heterocycles. The number of allylic oxidation sites excluding steroid dienone is 1. The molecule has 1 saturated carbocycles. The number of pyridine rings is 1. The van der Waals surface area contributed by atoms with Gasteiger partial charge in [0.25, 0.3) is 5.91 Å². The number of aromatic hydroxyl groups is 1. The molecule has 254 valence electrons. The average Bonchev–Trinajstić information content (AvgIpc) is 3.02. The molecule has 0 radical (unpaired) electrons. The van der Waals surface area contributed by atoms with E-state index in [-0.39, 0.29) is 76.2 Å². The summed E-state index contributed by atoms with van der Waals surface area (Å²) in [6.45, 7) is 7.03. The predicted octanol–water partition coefficient (Wildman–Crippen LogP) is 3.66. The fourth-order valence-corrected chi connectivity index (χ4v) is 7.21. The van der Waals surface area contributed by atoms with E-state index < -0.39 is 23.6 Å². The van der Waals surface area contributed by atoms with Crippen LogP contribution < -0.4 is 15.6 Å². The number of aromatic nitrogens is 6. The maximum Gasteiger partial charge on any atom is 0.416 e. The summed E-state index contributed by atoms with van der Waals surface area (Å²) in [5.74, 6) is -0.951. The van der Waals surface area contributed by atoms with E-state index in [1.165, 1.54) is 19.3 Å². The van der Waals surface area contributed by atoms with Crippen LogP contribution in [0.3, 0.4) is 0 Å².